The summed E-state index contributed by atoms with van der Waals surface area (Å²) in [4.78, 5) is 0.215. The molecule has 2 atom stereocenters. The molecule has 2 unspecified atom stereocenters. The minimum Gasteiger partial charge on any atom is -0.311 e. The lowest BCUT2D eigenvalue weighted by atomic mass is 10.0. The van der Waals surface area contributed by atoms with Gasteiger partial charge in [0.2, 0.25) is 10.0 Å². The van der Waals surface area contributed by atoms with Crippen LogP contribution in [0.3, 0.4) is 0 Å². The Bertz CT molecular complexity index is 781. The molecule has 2 aliphatic heterocycles. The van der Waals surface area contributed by atoms with Crippen molar-refractivity contribution in [3.05, 3.63) is 42.7 Å². The fourth-order valence-corrected chi connectivity index (χ4v) is 4.80. The van der Waals surface area contributed by atoms with E-state index in [1.165, 1.54) is 6.20 Å². The molecule has 2 saturated heterocycles. The van der Waals surface area contributed by atoms with E-state index in [1.807, 2.05) is 30.3 Å². The first-order chi connectivity index (χ1) is 11.1. The molecule has 130 valence electrons. The van der Waals surface area contributed by atoms with Gasteiger partial charge in [-0.15, -0.1) is 12.4 Å². The van der Waals surface area contributed by atoms with E-state index in [9.17, 15) is 8.42 Å². The van der Waals surface area contributed by atoms with Crippen molar-refractivity contribution in [3.8, 4) is 5.69 Å². The van der Waals surface area contributed by atoms with Crippen LogP contribution in [0, 0.1) is 0 Å². The number of nitrogens with one attached hydrogen (secondary N) is 2. The second kappa shape index (κ2) is 6.84. The van der Waals surface area contributed by atoms with Crippen molar-refractivity contribution in [2.45, 2.75) is 48.7 Å². The van der Waals surface area contributed by atoms with Crippen molar-refractivity contribution >= 4 is 22.4 Å². The molecule has 24 heavy (non-hydrogen) atoms. The van der Waals surface area contributed by atoms with Crippen LogP contribution >= 0.6 is 12.4 Å². The zero-order valence-corrected chi connectivity index (χ0v) is 14.8. The van der Waals surface area contributed by atoms with Crippen molar-refractivity contribution in [1.29, 1.82) is 0 Å². The molecule has 0 amide bonds. The number of para-hydroxylation sites is 1. The number of rotatable bonds is 4. The number of benzene rings is 1. The molecule has 2 fully saturated rings. The number of fused-ring (bicyclic) bond motifs is 2. The molecular formula is C16H21ClN4O2S. The number of nitrogens with zero attached hydrogens (tertiary/aromatic N) is 2. The number of hydrogen-bond acceptors (Lipinski definition) is 4. The normalized spacial score (nSPS) is 26.1. The summed E-state index contributed by atoms with van der Waals surface area (Å²) in [6.07, 6.45) is 6.99. The Morgan fingerprint density at radius 1 is 1.12 bits per heavy atom. The summed E-state index contributed by atoms with van der Waals surface area (Å²) >= 11 is 0. The monoisotopic (exact) mass is 368 g/mol. The molecule has 0 saturated carbocycles. The van der Waals surface area contributed by atoms with Crippen molar-refractivity contribution in [1.82, 2.24) is 19.8 Å². The van der Waals surface area contributed by atoms with Crippen molar-refractivity contribution in [2.24, 2.45) is 0 Å². The van der Waals surface area contributed by atoms with Crippen molar-refractivity contribution < 1.29 is 8.42 Å². The Hall–Kier alpha value is -1.41. The Kier molecular flexibility index (Phi) is 4.96. The lowest BCUT2D eigenvalue weighted by molar-refractivity contribution is 0.345. The van der Waals surface area contributed by atoms with Gasteiger partial charge in [-0.05, 0) is 37.8 Å². The summed E-state index contributed by atoms with van der Waals surface area (Å²) in [7, 11) is -3.53. The predicted molar refractivity (Wildman–Crippen MR) is 94.1 cm³/mol. The molecule has 0 spiro atoms. The highest BCUT2D eigenvalue weighted by Crippen LogP contribution is 2.27. The Morgan fingerprint density at radius 2 is 1.79 bits per heavy atom. The first-order valence-electron chi connectivity index (χ1n) is 7.99. The molecule has 1 aromatic carbocycles. The molecule has 0 radical (unpaired) electrons. The highest BCUT2D eigenvalue weighted by atomic mass is 35.5. The number of aromatic nitrogens is 2. The molecule has 2 bridgehead atoms. The number of hydrogen-bond donors (Lipinski definition) is 2. The van der Waals surface area contributed by atoms with Crippen LogP contribution in [0.15, 0.2) is 47.6 Å². The third-order valence-corrected chi connectivity index (χ3v) is 6.16. The third kappa shape index (κ3) is 3.49. The minimum absolute atomic E-state index is 0. The van der Waals surface area contributed by atoms with Crippen LogP contribution < -0.4 is 10.0 Å². The van der Waals surface area contributed by atoms with Gasteiger partial charge in [0, 0.05) is 18.1 Å². The van der Waals surface area contributed by atoms with Gasteiger partial charge in [-0.25, -0.2) is 17.8 Å². The SMILES string of the molecule is Cl.O=S(=O)(NC1CC2CCC(C1)N2)c1cnn(-c2ccccc2)c1. The number of halogens is 1. The summed E-state index contributed by atoms with van der Waals surface area (Å²) in [6.45, 7) is 0. The number of sulfonamides is 1. The topological polar surface area (TPSA) is 76.0 Å². The Labute approximate surface area is 148 Å². The van der Waals surface area contributed by atoms with Crippen molar-refractivity contribution in [2.75, 3.05) is 0 Å². The minimum atomic E-state index is -3.53. The van der Waals surface area contributed by atoms with Crippen LogP contribution in [0.2, 0.25) is 0 Å². The van der Waals surface area contributed by atoms with E-state index in [2.05, 4.69) is 15.1 Å². The van der Waals surface area contributed by atoms with E-state index in [4.69, 9.17) is 0 Å². The molecule has 2 N–H and O–H groups in total. The third-order valence-electron chi connectivity index (χ3n) is 4.68. The zero-order chi connectivity index (χ0) is 15.9. The quantitative estimate of drug-likeness (QED) is 0.863. The fraction of sp³-hybridized carbons (Fsp3) is 0.438. The fourth-order valence-electron chi connectivity index (χ4n) is 3.61. The highest BCUT2D eigenvalue weighted by molar-refractivity contribution is 7.89. The van der Waals surface area contributed by atoms with Gasteiger partial charge in [0.25, 0.3) is 0 Å². The van der Waals surface area contributed by atoms with Crippen LogP contribution in [-0.4, -0.2) is 36.3 Å². The maximum Gasteiger partial charge on any atom is 0.243 e. The van der Waals surface area contributed by atoms with E-state index in [0.29, 0.717) is 12.1 Å². The molecule has 0 aliphatic carbocycles. The molecular weight excluding hydrogens is 348 g/mol. The van der Waals surface area contributed by atoms with Crippen LogP contribution in [0.1, 0.15) is 25.7 Å². The average Bonchev–Trinajstić information content (AvgIpc) is 3.15. The summed E-state index contributed by atoms with van der Waals surface area (Å²) in [5, 5.41) is 7.69. The smallest absolute Gasteiger partial charge is 0.243 e. The summed E-state index contributed by atoms with van der Waals surface area (Å²) in [5.41, 5.74) is 0.842. The lowest BCUT2D eigenvalue weighted by Gasteiger charge is -2.29. The first-order valence-corrected chi connectivity index (χ1v) is 9.47. The van der Waals surface area contributed by atoms with E-state index in [0.717, 1.165) is 31.4 Å². The zero-order valence-electron chi connectivity index (χ0n) is 13.1. The molecule has 8 heteroatoms. The standard InChI is InChI=1S/C16H20N4O2S.ClH/c21-23(22,19-14-8-12-6-7-13(9-14)18-12)16-10-17-20(11-16)15-4-2-1-3-5-15;/h1-5,10-14,18-19H,6-9H2;1H. The van der Waals surface area contributed by atoms with Gasteiger partial charge in [0.1, 0.15) is 4.90 Å². The average molecular weight is 369 g/mol. The largest absolute Gasteiger partial charge is 0.311 e. The van der Waals surface area contributed by atoms with Crippen molar-refractivity contribution in [3.63, 3.8) is 0 Å². The lowest BCUT2D eigenvalue weighted by Crippen LogP contribution is -2.47. The van der Waals surface area contributed by atoms with Gasteiger partial charge in [0.05, 0.1) is 18.1 Å². The second-order valence-corrected chi connectivity index (χ2v) is 8.10. The number of piperidine rings is 1. The van der Waals surface area contributed by atoms with Gasteiger partial charge in [0.15, 0.2) is 0 Å². The summed E-state index contributed by atoms with van der Waals surface area (Å²) in [6, 6.07) is 10.4. The van der Waals surface area contributed by atoms with Crippen LogP contribution in [0.25, 0.3) is 5.69 Å². The molecule has 2 aliphatic rings. The summed E-state index contributed by atoms with van der Waals surface area (Å²) < 4.78 is 29.6. The summed E-state index contributed by atoms with van der Waals surface area (Å²) in [5.74, 6) is 0. The maximum absolute atomic E-state index is 12.6. The predicted octanol–water partition coefficient (Wildman–Crippen LogP) is 1.86. The highest BCUT2D eigenvalue weighted by Gasteiger charge is 2.35. The Balaban J connectivity index is 0.00000169. The van der Waals surface area contributed by atoms with Crippen LogP contribution in [0.5, 0.6) is 0 Å². The molecule has 4 rings (SSSR count). The molecule has 1 aromatic heterocycles. The second-order valence-electron chi connectivity index (χ2n) is 6.38. The Morgan fingerprint density at radius 3 is 2.46 bits per heavy atom. The van der Waals surface area contributed by atoms with Crippen LogP contribution in [-0.2, 0) is 10.0 Å². The van der Waals surface area contributed by atoms with Crippen LogP contribution in [0.4, 0.5) is 0 Å². The van der Waals surface area contributed by atoms with E-state index >= 15 is 0 Å². The van der Waals surface area contributed by atoms with Gasteiger partial charge in [-0.3, -0.25) is 0 Å². The molecule has 3 heterocycles. The first kappa shape index (κ1) is 17.4. The van der Waals surface area contributed by atoms with Gasteiger partial charge >= 0.3 is 0 Å². The van der Waals surface area contributed by atoms with Gasteiger partial charge in [-0.1, -0.05) is 18.2 Å². The maximum atomic E-state index is 12.6. The van der Waals surface area contributed by atoms with E-state index in [-0.39, 0.29) is 23.3 Å². The van der Waals surface area contributed by atoms with E-state index < -0.39 is 10.0 Å². The van der Waals surface area contributed by atoms with Gasteiger partial charge < -0.3 is 5.32 Å². The molecule has 2 aromatic rings. The van der Waals surface area contributed by atoms with E-state index in [1.54, 1.807) is 10.9 Å². The molecule has 6 nitrogen and oxygen atoms in total. The van der Waals surface area contributed by atoms with Gasteiger partial charge in [-0.2, -0.15) is 5.10 Å².